The van der Waals surface area contributed by atoms with Crippen LogP contribution in [0.2, 0.25) is 0 Å². The minimum absolute atomic E-state index is 0.230. The van der Waals surface area contributed by atoms with Gasteiger partial charge in [0, 0.05) is 20.8 Å². The maximum absolute atomic E-state index is 3.92. The fraction of sp³-hybridized carbons (Fsp3) is 0.100. The summed E-state index contributed by atoms with van der Waals surface area (Å²) < 4.78 is 2.28. The largest absolute Gasteiger partial charge is 0.0619 e. The lowest BCUT2D eigenvalue weighted by Gasteiger charge is -2.38. The Balaban J connectivity index is 1.44. The van der Waals surface area contributed by atoms with Crippen molar-refractivity contribution in [2.75, 3.05) is 0 Å². The van der Waals surface area contributed by atoms with Gasteiger partial charge in [0.15, 0.2) is 0 Å². The molecule has 0 aromatic heterocycles. The van der Waals surface area contributed by atoms with Crippen molar-refractivity contribution in [2.45, 2.75) is 22.7 Å². The molecule has 0 saturated heterocycles. The topological polar surface area (TPSA) is 0 Å². The van der Waals surface area contributed by atoms with Crippen molar-refractivity contribution in [1.29, 1.82) is 0 Å². The second-order valence-electron chi connectivity index (χ2n) is 12.2. The Kier molecular flexibility index (Phi) is 4.54. The van der Waals surface area contributed by atoms with Crippen molar-refractivity contribution in [2.24, 2.45) is 0 Å². The highest BCUT2D eigenvalue weighted by atomic mass is 79.9. The first-order valence-corrected chi connectivity index (χ1v) is 16.2. The van der Waals surface area contributed by atoms with Crippen LogP contribution in [0.1, 0.15) is 56.3 Å². The maximum atomic E-state index is 3.92. The molecule has 6 aromatic rings. The van der Waals surface area contributed by atoms with E-state index in [0.29, 0.717) is 0 Å². The number of hydrogen-bond acceptors (Lipinski definition) is 0. The van der Waals surface area contributed by atoms with Crippen LogP contribution in [-0.4, -0.2) is 0 Å². The van der Waals surface area contributed by atoms with Crippen LogP contribution in [0.3, 0.4) is 0 Å². The third-order valence-electron chi connectivity index (χ3n) is 10.8. The zero-order chi connectivity index (χ0) is 27.8. The van der Waals surface area contributed by atoms with Gasteiger partial charge >= 0.3 is 0 Å². The molecule has 4 aliphatic carbocycles. The van der Waals surface area contributed by atoms with Crippen LogP contribution in [0, 0.1) is 0 Å². The molecule has 0 N–H and O–H groups in total. The van der Waals surface area contributed by atoms with Crippen LogP contribution in [0.5, 0.6) is 0 Å². The summed E-state index contributed by atoms with van der Waals surface area (Å²) in [4.78, 5) is 0. The van der Waals surface area contributed by atoms with Gasteiger partial charge in [0.1, 0.15) is 0 Å². The summed E-state index contributed by atoms with van der Waals surface area (Å²) in [5.41, 5.74) is 16.4. The second-order valence-corrected chi connectivity index (χ2v) is 14.0. The van der Waals surface area contributed by atoms with E-state index in [1.807, 2.05) is 0 Å². The maximum Gasteiger partial charge on any atom is 0.0541 e. The van der Waals surface area contributed by atoms with Gasteiger partial charge in [0.2, 0.25) is 0 Å². The Bertz CT molecular complexity index is 1910. The van der Waals surface area contributed by atoms with Gasteiger partial charge in [-0.1, -0.05) is 141 Å². The average Bonchev–Trinajstić information content (AvgIpc) is 3.69. The molecule has 2 unspecified atom stereocenters. The summed E-state index contributed by atoms with van der Waals surface area (Å²) in [6, 6.07) is 51.0. The van der Waals surface area contributed by atoms with Crippen molar-refractivity contribution >= 4 is 31.9 Å². The van der Waals surface area contributed by atoms with E-state index in [4.69, 9.17) is 0 Å². The summed E-state index contributed by atoms with van der Waals surface area (Å²) in [7, 11) is 0. The van der Waals surface area contributed by atoms with Crippen LogP contribution < -0.4 is 0 Å². The smallest absolute Gasteiger partial charge is 0.0541 e. The second kappa shape index (κ2) is 8.01. The summed E-state index contributed by atoms with van der Waals surface area (Å²) >= 11 is 7.83. The molecule has 4 aliphatic rings. The van der Waals surface area contributed by atoms with E-state index in [2.05, 4.69) is 165 Å². The fourth-order valence-electron chi connectivity index (χ4n) is 9.73. The lowest BCUT2D eigenvalue weighted by Crippen LogP contribution is -2.34. The monoisotopic (exact) mass is 662 g/mol. The third-order valence-corrected chi connectivity index (χ3v) is 11.8. The molecule has 0 aliphatic heterocycles. The van der Waals surface area contributed by atoms with Gasteiger partial charge in [-0.05, 0) is 91.0 Å². The van der Waals surface area contributed by atoms with E-state index in [1.165, 1.54) is 66.8 Å². The van der Waals surface area contributed by atoms with Crippen molar-refractivity contribution in [1.82, 2.24) is 0 Å². The van der Waals surface area contributed by atoms with E-state index in [-0.39, 0.29) is 22.7 Å². The van der Waals surface area contributed by atoms with Crippen molar-refractivity contribution in [3.63, 3.8) is 0 Å². The predicted octanol–water partition coefficient (Wildman–Crippen LogP) is 10.7. The van der Waals surface area contributed by atoms with Crippen LogP contribution in [-0.2, 0) is 10.8 Å². The Morgan fingerprint density at radius 1 is 0.357 bits per heavy atom. The molecular weight excluding hydrogens is 640 g/mol. The average molecular weight is 664 g/mol. The Hall–Kier alpha value is -3.72. The zero-order valence-corrected chi connectivity index (χ0v) is 25.8. The summed E-state index contributed by atoms with van der Waals surface area (Å²) in [6.07, 6.45) is 0. The normalized spacial score (nSPS) is 20.0. The van der Waals surface area contributed by atoms with E-state index in [0.717, 1.165) is 8.95 Å². The van der Waals surface area contributed by atoms with Crippen LogP contribution in [0.25, 0.3) is 22.3 Å². The third kappa shape index (κ3) is 2.50. The van der Waals surface area contributed by atoms with Gasteiger partial charge in [-0.2, -0.15) is 0 Å². The Labute approximate surface area is 262 Å². The van der Waals surface area contributed by atoms with Gasteiger partial charge in [-0.15, -0.1) is 0 Å². The highest BCUT2D eigenvalue weighted by molar-refractivity contribution is 9.10. The Morgan fingerprint density at radius 2 is 0.667 bits per heavy atom. The highest BCUT2D eigenvalue weighted by Gasteiger charge is 2.69. The molecule has 0 saturated carbocycles. The van der Waals surface area contributed by atoms with Gasteiger partial charge in [0.05, 0.1) is 10.8 Å². The Morgan fingerprint density at radius 3 is 1.00 bits per heavy atom. The number of hydrogen-bond donors (Lipinski definition) is 0. The van der Waals surface area contributed by atoms with Crippen molar-refractivity contribution < 1.29 is 0 Å². The molecule has 2 atom stereocenters. The minimum Gasteiger partial charge on any atom is -0.0619 e. The molecular formula is C40H24Br2. The standard InChI is InChI=1S/C40H24Br2/c41-23-17-19-29-35(21-23)39(31-13-5-1-9-25(31)26-10-2-6-14-32(26)39)37-30-20-18-24(42)22-36(30)40(38(29)37)33-15-7-3-11-27(33)28-12-4-8-16-34(28)40/h1-22,37-38H. The molecule has 0 amide bonds. The number of halogens is 2. The first kappa shape index (κ1) is 23.8. The number of rotatable bonds is 0. The molecule has 0 radical (unpaired) electrons. The molecule has 0 fully saturated rings. The molecule has 198 valence electrons. The van der Waals surface area contributed by atoms with E-state index < -0.39 is 0 Å². The summed E-state index contributed by atoms with van der Waals surface area (Å²) in [6.45, 7) is 0. The molecule has 2 spiro atoms. The van der Waals surface area contributed by atoms with Crippen LogP contribution in [0.15, 0.2) is 142 Å². The summed E-state index contributed by atoms with van der Waals surface area (Å²) in [5, 5.41) is 0. The number of fused-ring (bicyclic) bond motifs is 19. The summed E-state index contributed by atoms with van der Waals surface area (Å²) in [5.74, 6) is 0.461. The van der Waals surface area contributed by atoms with Crippen LogP contribution in [0.4, 0.5) is 0 Å². The van der Waals surface area contributed by atoms with Crippen molar-refractivity contribution in [3.8, 4) is 22.3 Å². The lowest BCUT2D eigenvalue weighted by molar-refractivity contribution is 0.425. The lowest BCUT2D eigenvalue weighted by atomic mass is 9.62. The van der Waals surface area contributed by atoms with E-state index in [1.54, 1.807) is 0 Å². The molecule has 0 bridgehead atoms. The first-order valence-electron chi connectivity index (χ1n) is 14.7. The number of benzene rings is 6. The molecule has 6 aromatic carbocycles. The van der Waals surface area contributed by atoms with E-state index >= 15 is 0 Å². The molecule has 2 heteroatoms. The van der Waals surface area contributed by atoms with Gasteiger partial charge < -0.3 is 0 Å². The predicted molar refractivity (Wildman–Crippen MR) is 177 cm³/mol. The highest BCUT2D eigenvalue weighted by Crippen LogP contribution is 2.77. The molecule has 0 nitrogen and oxygen atoms in total. The minimum atomic E-state index is -0.296. The van der Waals surface area contributed by atoms with Gasteiger partial charge in [-0.3, -0.25) is 0 Å². The SMILES string of the molecule is Brc1ccc2c(c1)C1(c3ccccc3-c3ccccc31)C1c3ccc(Br)cc3C3(c4ccccc4-c4ccccc43)C21. The fourth-order valence-corrected chi connectivity index (χ4v) is 10.5. The molecule has 42 heavy (non-hydrogen) atoms. The van der Waals surface area contributed by atoms with Gasteiger partial charge in [-0.25, -0.2) is 0 Å². The molecule has 0 heterocycles. The van der Waals surface area contributed by atoms with E-state index in [9.17, 15) is 0 Å². The molecule has 10 rings (SSSR count). The quantitative estimate of drug-likeness (QED) is 0.152. The van der Waals surface area contributed by atoms with Crippen LogP contribution >= 0.6 is 31.9 Å². The first-order chi connectivity index (χ1) is 20.7. The van der Waals surface area contributed by atoms with Crippen molar-refractivity contribution in [3.05, 3.63) is 187 Å². The zero-order valence-electron chi connectivity index (χ0n) is 22.6. The van der Waals surface area contributed by atoms with Gasteiger partial charge in [0.25, 0.3) is 0 Å².